The number of aryl methyl sites for hydroxylation is 1. The lowest BCUT2D eigenvalue weighted by Crippen LogP contribution is -2.08. The number of aromatic nitrogens is 3. The maximum atomic E-state index is 12.4. The van der Waals surface area contributed by atoms with Gasteiger partial charge in [0.2, 0.25) is 0 Å². The van der Waals surface area contributed by atoms with E-state index < -0.39 is 11.9 Å². The topological polar surface area (TPSA) is 47.8 Å². The van der Waals surface area contributed by atoms with Gasteiger partial charge >= 0.3 is 6.18 Å². The summed E-state index contributed by atoms with van der Waals surface area (Å²) in [6, 6.07) is 2.40. The molecule has 4 nitrogen and oxygen atoms in total. The summed E-state index contributed by atoms with van der Waals surface area (Å²) in [5.41, 5.74) is -0.0564. The number of carbonyl (C=O) groups excluding carboxylic acids is 1. The van der Waals surface area contributed by atoms with Crippen molar-refractivity contribution in [2.75, 3.05) is 0 Å². The first-order valence-corrected chi connectivity index (χ1v) is 4.97. The van der Waals surface area contributed by atoms with Gasteiger partial charge in [0, 0.05) is 18.0 Å². The minimum absolute atomic E-state index is 0.260. The monoisotopic (exact) mass is 255 g/mol. The lowest BCUT2D eigenvalue weighted by molar-refractivity contribution is -0.141. The average molecular weight is 255 g/mol. The van der Waals surface area contributed by atoms with Crippen LogP contribution in [0.4, 0.5) is 13.2 Å². The highest BCUT2D eigenvalue weighted by atomic mass is 19.4. The molecule has 0 aliphatic heterocycles. The zero-order valence-electron chi connectivity index (χ0n) is 9.27. The highest BCUT2D eigenvalue weighted by Crippen LogP contribution is 2.27. The van der Waals surface area contributed by atoms with Crippen molar-refractivity contribution in [3.63, 3.8) is 0 Å². The Bertz CT molecular complexity index is 589. The largest absolute Gasteiger partial charge is 0.435 e. The number of pyridine rings is 1. The quantitative estimate of drug-likeness (QED) is 0.774. The second kappa shape index (κ2) is 4.25. The van der Waals surface area contributed by atoms with Crippen molar-refractivity contribution < 1.29 is 18.0 Å². The van der Waals surface area contributed by atoms with Gasteiger partial charge < -0.3 is 0 Å². The smallest absolute Gasteiger partial charge is 0.298 e. The summed E-state index contributed by atoms with van der Waals surface area (Å²) >= 11 is 0. The van der Waals surface area contributed by atoms with E-state index in [1.165, 1.54) is 18.5 Å². The molecule has 0 aromatic carbocycles. The van der Waals surface area contributed by atoms with Crippen molar-refractivity contribution in [3.05, 3.63) is 41.3 Å². The van der Waals surface area contributed by atoms with E-state index in [0.29, 0.717) is 17.4 Å². The first-order chi connectivity index (χ1) is 8.41. The van der Waals surface area contributed by atoms with E-state index in [9.17, 15) is 18.0 Å². The lowest BCUT2D eigenvalue weighted by atomic mass is 10.2. The lowest BCUT2D eigenvalue weighted by Gasteiger charge is -2.05. The van der Waals surface area contributed by atoms with Crippen molar-refractivity contribution in [2.45, 2.75) is 13.1 Å². The number of nitrogens with zero attached hydrogens (tertiary/aromatic N) is 3. The van der Waals surface area contributed by atoms with Gasteiger partial charge in [-0.2, -0.15) is 18.3 Å². The molecule has 0 radical (unpaired) electrons. The van der Waals surface area contributed by atoms with Gasteiger partial charge in [-0.1, -0.05) is 0 Å². The Kier molecular flexibility index (Phi) is 2.90. The van der Waals surface area contributed by atoms with Gasteiger partial charge in [-0.05, 0) is 24.6 Å². The third-order valence-corrected chi connectivity index (χ3v) is 2.30. The zero-order chi connectivity index (χ0) is 13.3. The molecule has 18 heavy (non-hydrogen) atoms. The molecule has 7 heteroatoms. The molecule has 0 fully saturated rings. The second-order valence-corrected chi connectivity index (χ2v) is 3.67. The molecular weight excluding hydrogens is 247 g/mol. The van der Waals surface area contributed by atoms with Gasteiger partial charge in [-0.15, -0.1) is 0 Å². The molecule has 0 bridgehead atoms. The van der Waals surface area contributed by atoms with Crippen molar-refractivity contribution in [1.82, 2.24) is 14.8 Å². The van der Waals surface area contributed by atoms with E-state index in [0.717, 1.165) is 10.7 Å². The Balaban J connectivity index is 2.43. The maximum absolute atomic E-state index is 12.4. The van der Waals surface area contributed by atoms with Gasteiger partial charge in [0.1, 0.15) is 0 Å². The third-order valence-electron chi connectivity index (χ3n) is 2.30. The second-order valence-electron chi connectivity index (χ2n) is 3.67. The first-order valence-electron chi connectivity index (χ1n) is 4.97. The standard InChI is InChI=1S/C11H8F3N3O/c1-7-4-8(6-18)5-15-10(7)17-3-2-9(16-17)11(12,13)14/h2-6H,1H3. The fourth-order valence-electron chi connectivity index (χ4n) is 1.49. The Morgan fingerprint density at radius 2 is 2.11 bits per heavy atom. The van der Waals surface area contributed by atoms with E-state index >= 15 is 0 Å². The third kappa shape index (κ3) is 2.24. The van der Waals surface area contributed by atoms with Crippen LogP contribution >= 0.6 is 0 Å². The minimum Gasteiger partial charge on any atom is -0.298 e. The highest BCUT2D eigenvalue weighted by Gasteiger charge is 2.33. The summed E-state index contributed by atoms with van der Waals surface area (Å²) in [4.78, 5) is 14.4. The summed E-state index contributed by atoms with van der Waals surface area (Å²) < 4.78 is 38.2. The molecular formula is C11H8F3N3O. The molecule has 0 aliphatic rings. The molecule has 2 aromatic heterocycles. The summed E-state index contributed by atoms with van der Waals surface area (Å²) in [5, 5.41) is 3.41. The Hall–Kier alpha value is -2.18. The molecule has 0 amide bonds. The van der Waals surface area contributed by atoms with E-state index in [-0.39, 0.29) is 5.82 Å². The molecule has 0 saturated carbocycles. The van der Waals surface area contributed by atoms with Crippen LogP contribution in [0.25, 0.3) is 5.82 Å². The van der Waals surface area contributed by atoms with Crippen LogP contribution in [0.2, 0.25) is 0 Å². The average Bonchev–Trinajstić information content (AvgIpc) is 2.77. The predicted octanol–water partition coefficient (Wildman–Crippen LogP) is 2.41. The Morgan fingerprint density at radius 1 is 1.39 bits per heavy atom. The van der Waals surface area contributed by atoms with E-state index in [4.69, 9.17) is 0 Å². The summed E-state index contributed by atoms with van der Waals surface area (Å²) in [5.74, 6) is 0.260. The Morgan fingerprint density at radius 3 is 2.61 bits per heavy atom. The molecule has 0 saturated heterocycles. The van der Waals surface area contributed by atoms with Crippen LogP contribution in [-0.4, -0.2) is 21.1 Å². The maximum Gasteiger partial charge on any atom is 0.435 e. The van der Waals surface area contributed by atoms with Crippen LogP contribution < -0.4 is 0 Å². The molecule has 2 aromatic rings. The van der Waals surface area contributed by atoms with Gasteiger partial charge in [0.05, 0.1) is 0 Å². The van der Waals surface area contributed by atoms with Crippen molar-refractivity contribution in [3.8, 4) is 5.82 Å². The highest BCUT2D eigenvalue weighted by molar-refractivity contribution is 5.74. The van der Waals surface area contributed by atoms with Crippen molar-refractivity contribution >= 4 is 6.29 Å². The van der Waals surface area contributed by atoms with Crippen molar-refractivity contribution in [2.24, 2.45) is 0 Å². The summed E-state index contributed by atoms with van der Waals surface area (Å²) in [7, 11) is 0. The molecule has 0 unspecified atom stereocenters. The van der Waals surface area contributed by atoms with E-state index in [1.807, 2.05) is 0 Å². The number of hydrogen-bond donors (Lipinski definition) is 0. The van der Waals surface area contributed by atoms with Crippen LogP contribution in [0, 0.1) is 6.92 Å². The van der Waals surface area contributed by atoms with Gasteiger partial charge in [0.15, 0.2) is 17.8 Å². The number of rotatable bonds is 2. The predicted molar refractivity (Wildman–Crippen MR) is 56.5 cm³/mol. The van der Waals surface area contributed by atoms with E-state index in [1.54, 1.807) is 6.92 Å². The van der Waals surface area contributed by atoms with Crippen LogP contribution in [-0.2, 0) is 6.18 Å². The van der Waals surface area contributed by atoms with Crippen LogP contribution in [0.5, 0.6) is 0 Å². The van der Waals surface area contributed by atoms with Gasteiger partial charge in [-0.25, -0.2) is 9.67 Å². The van der Waals surface area contributed by atoms with Crippen LogP contribution in [0.3, 0.4) is 0 Å². The Labute approximate surface area is 100 Å². The normalized spacial score (nSPS) is 11.6. The fourth-order valence-corrected chi connectivity index (χ4v) is 1.49. The van der Waals surface area contributed by atoms with Crippen LogP contribution in [0.15, 0.2) is 24.5 Å². The first kappa shape index (κ1) is 12.3. The van der Waals surface area contributed by atoms with Crippen molar-refractivity contribution in [1.29, 1.82) is 0 Å². The van der Waals surface area contributed by atoms with Crippen LogP contribution in [0.1, 0.15) is 21.6 Å². The molecule has 0 spiro atoms. The van der Waals surface area contributed by atoms with Gasteiger partial charge in [0.25, 0.3) is 0 Å². The molecule has 0 aliphatic carbocycles. The number of aldehydes is 1. The number of alkyl halides is 3. The molecule has 94 valence electrons. The van der Waals surface area contributed by atoms with E-state index in [2.05, 4.69) is 10.1 Å². The number of hydrogen-bond acceptors (Lipinski definition) is 3. The molecule has 2 rings (SSSR count). The SMILES string of the molecule is Cc1cc(C=O)cnc1-n1ccc(C(F)(F)F)n1. The number of halogens is 3. The summed E-state index contributed by atoms with van der Waals surface area (Å²) in [6.45, 7) is 1.64. The molecule has 2 heterocycles. The molecule has 0 N–H and O–H groups in total. The number of carbonyl (C=O) groups is 1. The molecule has 0 atom stereocenters. The fraction of sp³-hybridized carbons (Fsp3) is 0.182. The van der Waals surface area contributed by atoms with Gasteiger partial charge in [-0.3, -0.25) is 4.79 Å². The summed E-state index contributed by atoms with van der Waals surface area (Å²) in [6.07, 6.45) is -1.40. The minimum atomic E-state index is -4.48. The zero-order valence-corrected chi connectivity index (χ0v) is 9.27.